The molecule has 27 heavy (non-hydrogen) atoms. The molecule has 0 saturated carbocycles. The zero-order valence-corrected chi connectivity index (χ0v) is 20.4. The highest BCUT2D eigenvalue weighted by molar-refractivity contribution is 8.13. The summed E-state index contributed by atoms with van der Waals surface area (Å²) in [6.07, 6.45) is 1.45. The van der Waals surface area contributed by atoms with E-state index in [2.05, 4.69) is 64.7 Å². The molecule has 0 saturated heterocycles. The summed E-state index contributed by atoms with van der Waals surface area (Å²) in [5.74, 6) is 0.321. The van der Waals surface area contributed by atoms with E-state index in [1.54, 1.807) is 0 Å². The number of ether oxygens (including phenoxy) is 2. The van der Waals surface area contributed by atoms with Gasteiger partial charge in [0.2, 0.25) is 0 Å². The molecule has 0 aromatic rings. The Morgan fingerprint density at radius 3 is 1.74 bits per heavy atom. The molecule has 0 aromatic carbocycles. The van der Waals surface area contributed by atoms with Crippen LogP contribution in [0.1, 0.15) is 75.2 Å². The van der Waals surface area contributed by atoms with Crippen molar-refractivity contribution in [2.45, 2.75) is 99.3 Å². The van der Waals surface area contributed by atoms with Crippen molar-refractivity contribution in [1.29, 1.82) is 0 Å². The van der Waals surface area contributed by atoms with Crippen LogP contribution < -0.4 is 0 Å². The summed E-state index contributed by atoms with van der Waals surface area (Å²) in [7, 11) is -0.958. The molecule has 0 unspecified atom stereocenters. The van der Waals surface area contributed by atoms with Crippen molar-refractivity contribution in [3.05, 3.63) is 0 Å². The van der Waals surface area contributed by atoms with Gasteiger partial charge >= 0.3 is 0 Å². The minimum atomic E-state index is -0.958. The Bertz CT molecular complexity index is 362. The molecule has 0 N–H and O–H groups in total. The fourth-order valence-electron chi connectivity index (χ4n) is 2.83. The van der Waals surface area contributed by atoms with Gasteiger partial charge in [0.15, 0.2) is 27.2 Å². The first kappa shape index (κ1) is 27.2. The summed E-state index contributed by atoms with van der Waals surface area (Å²) in [5, 5.41) is 0.159. The lowest BCUT2D eigenvalue weighted by Gasteiger charge is -2.45. The molecule has 162 valence electrons. The smallest absolute Gasteiger partial charge is 0.191 e. The normalized spacial score (nSPS) is 12.7. The zero-order valence-electron chi connectivity index (χ0n) is 18.7. The van der Waals surface area contributed by atoms with Gasteiger partial charge in [0.25, 0.3) is 0 Å². The van der Waals surface area contributed by atoms with Crippen LogP contribution in [-0.2, 0) is 18.8 Å². The largest absolute Gasteiger partial charge is 0.344 e. The topological polar surface area (TPSA) is 51.2 Å². The van der Waals surface area contributed by atoms with Crippen LogP contribution in [-0.4, -0.2) is 58.1 Å². The van der Waals surface area contributed by atoms with E-state index in [9.17, 15) is 4.79 Å². The third kappa shape index (κ3) is 11.1. The van der Waals surface area contributed by atoms with E-state index in [0.717, 1.165) is 6.42 Å². The molecule has 0 aromatic heterocycles. The summed E-state index contributed by atoms with van der Waals surface area (Å²) >= 11 is 1.20. The van der Waals surface area contributed by atoms with Crippen LogP contribution in [0.2, 0.25) is 0 Å². The Labute approximate surface area is 172 Å². The maximum absolute atomic E-state index is 11.4. The van der Waals surface area contributed by atoms with Gasteiger partial charge in [0.05, 0.1) is 0 Å². The summed E-state index contributed by atoms with van der Waals surface area (Å²) in [6.45, 7) is 19.9. The van der Waals surface area contributed by atoms with Gasteiger partial charge in [-0.1, -0.05) is 18.7 Å². The first-order valence-electron chi connectivity index (χ1n) is 9.94. The average Bonchev–Trinajstić information content (AvgIpc) is 2.52. The van der Waals surface area contributed by atoms with Crippen LogP contribution in [0.4, 0.5) is 0 Å². The number of thioether (sulfide) groups is 1. The highest BCUT2D eigenvalue weighted by Gasteiger charge is 2.34. The number of carbonyl (C=O) groups is 1. The third-order valence-electron chi connectivity index (χ3n) is 3.69. The fraction of sp³-hybridized carbons (Fsp3) is 0.947. The number of hydrogen-bond donors (Lipinski definition) is 0. The Hall–Kier alpha value is 0.250. The van der Waals surface area contributed by atoms with E-state index in [4.69, 9.17) is 14.0 Å². The molecule has 0 amide bonds. The van der Waals surface area contributed by atoms with E-state index in [0.29, 0.717) is 36.5 Å². The second-order valence-corrected chi connectivity index (χ2v) is 10.2. The molecule has 0 rings (SSSR count). The lowest BCUT2D eigenvalue weighted by atomic mass is 10.3. The lowest BCUT2D eigenvalue weighted by Crippen LogP contribution is -2.43. The second kappa shape index (κ2) is 15.1. The van der Waals surface area contributed by atoms with Crippen LogP contribution in [0.25, 0.3) is 0 Å². The molecule has 0 aliphatic carbocycles. The molecule has 6 nitrogen and oxygen atoms in total. The molecule has 0 heterocycles. The Morgan fingerprint density at radius 2 is 1.33 bits per heavy atom. The summed E-state index contributed by atoms with van der Waals surface area (Å²) < 4.78 is 21.9. The van der Waals surface area contributed by atoms with Gasteiger partial charge in [0.1, 0.15) is 5.94 Å². The predicted molar refractivity (Wildman–Crippen MR) is 117 cm³/mol. The van der Waals surface area contributed by atoms with Gasteiger partial charge in [0, 0.05) is 30.6 Å². The lowest BCUT2D eigenvalue weighted by molar-refractivity contribution is -0.111. The molecule has 0 bridgehead atoms. The van der Waals surface area contributed by atoms with Crippen molar-refractivity contribution in [2.24, 2.45) is 0 Å². The Morgan fingerprint density at radius 1 is 0.852 bits per heavy atom. The maximum atomic E-state index is 11.4. The average molecular weight is 425 g/mol. The highest BCUT2D eigenvalue weighted by atomic mass is 32.2. The quantitative estimate of drug-likeness (QED) is 0.197. The fourth-order valence-corrected chi connectivity index (χ4v) is 5.72. The molecule has 0 spiro atoms. The van der Waals surface area contributed by atoms with Gasteiger partial charge in [-0.15, -0.1) is 0 Å². The standard InChI is InChI=1S/C19H41N2O4PS/c1-10-11-19(22)27-14-24-12-23-13-25-26(20(15(2)3)16(4)5)21(17(6)7)18(8)9/h15-18H,10-14H2,1-9H3. The molecule has 0 radical (unpaired) electrons. The van der Waals surface area contributed by atoms with Crippen LogP contribution in [0.5, 0.6) is 0 Å². The van der Waals surface area contributed by atoms with Crippen molar-refractivity contribution < 1.29 is 18.8 Å². The van der Waals surface area contributed by atoms with Gasteiger partial charge < -0.3 is 14.0 Å². The van der Waals surface area contributed by atoms with Crippen molar-refractivity contribution in [2.75, 3.05) is 19.5 Å². The van der Waals surface area contributed by atoms with Crippen LogP contribution in [0.3, 0.4) is 0 Å². The molecule has 0 atom stereocenters. The van der Waals surface area contributed by atoms with Gasteiger partial charge in [-0.05, 0) is 61.8 Å². The Balaban J connectivity index is 4.63. The monoisotopic (exact) mass is 424 g/mol. The number of carbonyl (C=O) groups excluding carboxylic acids is 1. The summed E-state index contributed by atoms with van der Waals surface area (Å²) in [4.78, 5) is 11.4. The molecule has 0 aliphatic rings. The van der Waals surface area contributed by atoms with Crippen molar-refractivity contribution in [3.8, 4) is 0 Å². The van der Waals surface area contributed by atoms with E-state index in [1.165, 1.54) is 11.8 Å². The van der Waals surface area contributed by atoms with E-state index >= 15 is 0 Å². The van der Waals surface area contributed by atoms with E-state index < -0.39 is 8.45 Å². The minimum absolute atomic E-state index is 0.127. The van der Waals surface area contributed by atoms with Crippen LogP contribution >= 0.6 is 20.2 Å². The first-order valence-corrected chi connectivity index (χ1v) is 12.1. The first-order chi connectivity index (χ1) is 12.6. The number of rotatable bonds is 15. The van der Waals surface area contributed by atoms with Gasteiger partial charge in [-0.2, -0.15) is 0 Å². The Kier molecular flexibility index (Phi) is 15.3. The van der Waals surface area contributed by atoms with E-state index in [1.807, 2.05) is 6.92 Å². The molecule has 0 fully saturated rings. The third-order valence-corrected chi connectivity index (χ3v) is 7.47. The van der Waals surface area contributed by atoms with Crippen molar-refractivity contribution in [3.63, 3.8) is 0 Å². The molecular formula is C19H41N2O4PS. The second-order valence-electron chi connectivity index (χ2n) is 7.55. The SMILES string of the molecule is CCCC(=O)SCOCOCOP(N(C(C)C)C(C)C)N(C(C)C)C(C)C. The number of nitrogens with zero attached hydrogens (tertiary/aromatic N) is 2. The molecular weight excluding hydrogens is 383 g/mol. The van der Waals surface area contributed by atoms with Crippen molar-refractivity contribution in [1.82, 2.24) is 9.34 Å². The molecule has 8 heteroatoms. The van der Waals surface area contributed by atoms with Gasteiger partial charge in [-0.25, -0.2) is 9.34 Å². The van der Waals surface area contributed by atoms with Crippen molar-refractivity contribution >= 4 is 25.3 Å². The minimum Gasteiger partial charge on any atom is -0.344 e. The number of hydrogen-bond acceptors (Lipinski definition) is 7. The van der Waals surface area contributed by atoms with E-state index in [-0.39, 0.29) is 18.7 Å². The summed E-state index contributed by atoms with van der Waals surface area (Å²) in [6, 6.07) is 1.48. The maximum Gasteiger partial charge on any atom is 0.191 e. The summed E-state index contributed by atoms with van der Waals surface area (Å²) in [5.41, 5.74) is 0. The van der Waals surface area contributed by atoms with Gasteiger partial charge in [-0.3, -0.25) is 4.79 Å². The zero-order chi connectivity index (χ0) is 21.0. The predicted octanol–water partition coefficient (Wildman–Crippen LogP) is 5.43. The van der Waals surface area contributed by atoms with Crippen LogP contribution in [0, 0.1) is 0 Å². The van der Waals surface area contributed by atoms with Crippen LogP contribution in [0.15, 0.2) is 0 Å². The molecule has 0 aliphatic heterocycles. The highest BCUT2D eigenvalue weighted by Crippen LogP contribution is 2.50.